The lowest BCUT2D eigenvalue weighted by atomic mass is 9.94. The van der Waals surface area contributed by atoms with Crippen LogP contribution in [0.2, 0.25) is 0 Å². The molecular weight excluding hydrogens is 655 g/mol. The largest absolute Gasteiger partial charge is 0.456 e. The molecule has 252 valence electrons. The molecule has 1 aromatic heterocycles. The average molecular weight is 688 g/mol. The minimum atomic E-state index is 0.909. The number of rotatable bonds is 5. The van der Waals surface area contributed by atoms with Crippen molar-refractivity contribution in [3.05, 3.63) is 200 Å². The number of fused-ring (bicyclic) bond motifs is 9. The second-order valence-corrected chi connectivity index (χ2v) is 14.1. The van der Waals surface area contributed by atoms with Crippen LogP contribution in [0.15, 0.2) is 205 Å². The highest BCUT2D eigenvalue weighted by Gasteiger charge is 2.18. The molecule has 11 aromatic rings. The van der Waals surface area contributed by atoms with Gasteiger partial charge in [0, 0.05) is 27.5 Å². The first kappa shape index (κ1) is 30.5. The second-order valence-electron chi connectivity index (χ2n) is 14.1. The molecule has 0 aliphatic heterocycles. The number of anilines is 3. The van der Waals surface area contributed by atoms with Gasteiger partial charge in [-0.1, -0.05) is 152 Å². The van der Waals surface area contributed by atoms with Gasteiger partial charge in [-0.15, -0.1) is 0 Å². The second kappa shape index (κ2) is 12.2. The Morgan fingerprint density at radius 1 is 0.296 bits per heavy atom. The summed E-state index contributed by atoms with van der Waals surface area (Å²) >= 11 is 0. The highest BCUT2D eigenvalue weighted by molar-refractivity contribution is 6.14. The Hall–Kier alpha value is -7.16. The van der Waals surface area contributed by atoms with Crippen LogP contribution in [0.4, 0.5) is 17.1 Å². The molecule has 0 spiro atoms. The molecule has 0 saturated carbocycles. The highest BCUT2D eigenvalue weighted by Crippen LogP contribution is 2.43. The van der Waals surface area contributed by atoms with Gasteiger partial charge < -0.3 is 9.32 Å². The summed E-state index contributed by atoms with van der Waals surface area (Å²) in [6.45, 7) is 0. The van der Waals surface area contributed by atoms with E-state index < -0.39 is 0 Å². The number of nitrogens with zero attached hydrogens (tertiary/aromatic N) is 1. The SMILES string of the molecule is c1ccc2c(c1)ccc1c(-c3ccc(N(c4ccc(-c5ccc6oc7ccccc7c6c5)cc4)c4cccc5c4ccc4ccccc45)cc3)cccc12. The first-order chi connectivity index (χ1) is 26.8. The third-order valence-corrected chi connectivity index (χ3v) is 11.1. The van der Waals surface area contributed by atoms with Crippen molar-refractivity contribution >= 4 is 82.1 Å². The average Bonchev–Trinajstić information content (AvgIpc) is 3.62. The highest BCUT2D eigenvalue weighted by atomic mass is 16.3. The summed E-state index contributed by atoms with van der Waals surface area (Å²) in [6.07, 6.45) is 0. The van der Waals surface area contributed by atoms with E-state index in [1.54, 1.807) is 0 Å². The molecule has 2 heteroatoms. The Morgan fingerprint density at radius 3 is 1.56 bits per heavy atom. The van der Waals surface area contributed by atoms with Gasteiger partial charge in [0.2, 0.25) is 0 Å². The van der Waals surface area contributed by atoms with Crippen LogP contribution in [0.5, 0.6) is 0 Å². The van der Waals surface area contributed by atoms with Gasteiger partial charge in [0.05, 0.1) is 5.69 Å². The molecule has 54 heavy (non-hydrogen) atoms. The summed E-state index contributed by atoms with van der Waals surface area (Å²) in [4.78, 5) is 2.40. The molecular formula is C52H33NO. The maximum Gasteiger partial charge on any atom is 0.135 e. The van der Waals surface area contributed by atoms with E-state index in [0.29, 0.717) is 0 Å². The predicted octanol–water partition coefficient (Wildman–Crippen LogP) is 15.0. The van der Waals surface area contributed by atoms with Gasteiger partial charge in [-0.2, -0.15) is 0 Å². The summed E-state index contributed by atoms with van der Waals surface area (Å²) in [5.74, 6) is 0. The van der Waals surface area contributed by atoms with Crippen molar-refractivity contribution in [3.8, 4) is 22.3 Å². The molecule has 1 heterocycles. The molecule has 0 radical (unpaired) electrons. The fraction of sp³-hybridized carbons (Fsp3) is 0. The van der Waals surface area contributed by atoms with E-state index in [2.05, 4.69) is 193 Å². The molecule has 0 aliphatic carbocycles. The lowest BCUT2D eigenvalue weighted by Gasteiger charge is -2.27. The quantitative estimate of drug-likeness (QED) is 0.168. The van der Waals surface area contributed by atoms with E-state index in [1.807, 2.05) is 12.1 Å². The molecule has 0 amide bonds. The summed E-state index contributed by atoms with van der Waals surface area (Å²) in [6, 6.07) is 72.4. The molecule has 0 aliphatic rings. The van der Waals surface area contributed by atoms with Crippen LogP contribution in [0, 0.1) is 0 Å². The fourth-order valence-electron chi connectivity index (χ4n) is 8.44. The van der Waals surface area contributed by atoms with Crippen molar-refractivity contribution in [1.82, 2.24) is 0 Å². The van der Waals surface area contributed by atoms with Crippen LogP contribution < -0.4 is 4.90 Å². The monoisotopic (exact) mass is 687 g/mol. The van der Waals surface area contributed by atoms with Crippen LogP contribution in [-0.4, -0.2) is 0 Å². The maximum atomic E-state index is 6.12. The summed E-state index contributed by atoms with van der Waals surface area (Å²) in [5, 5.41) is 12.3. The Kier molecular flexibility index (Phi) is 6.90. The topological polar surface area (TPSA) is 16.4 Å². The number of hydrogen-bond acceptors (Lipinski definition) is 2. The van der Waals surface area contributed by atoms with Crippen molar-refractivity contribution in [3.63, 3.8) is 0 Å². The number of benzene rings is 10. The third-order valence-electron chi connectivity index (χ3n) is 11.1. The van der Waals surface area contributed by atoms with E-state index >= 15 is 0 Å². The first-order valence-electron chi connectivity index (χ1n) is 18.5. The van der Waals surface area contributed by atoms with Gasteiger partial charge in [-0.25, -0.2) is 0 Å². The van der Waals surface area contributed by atoms with Gasteiger partial charge >= 0.3 is 0 Å². The lowest BCUT2D eigenvalue weighted by Crippen LogP contribution is -2.10. The summed E-state index contributed by atoms with van der Waals surface area (Å²) in [5.41, 5.74) is 9.92. The third kappa shape index (κ3) is 4.88. The number of furan rings is 1. The first-order valence-corrected chi connectivity index (χ1v) is 18.5. The number of para-hydroxylation sites is 1. The van der Waals surface area contributed by atoms with E-state index in [4.69, 9.17) is 4.42 Å². The van der Waals surface area contributed by atoms with Crippen LogP contribution >= 0.6 is 0 Å². The fourth-order valence-corrected chi connectivity index (χ4v) is 8.44. The van der Waals surface area contributed by atoms with Crippen molar-refractivity contribution in [1.29, 1.82) is 0 Å². The van der Waals surface area contributed by atoms with Gasteiger partial charge in [0.25, 0.3) is 0 Å². The zero-order valence-electron chi connectivity index (χ0n) is 29.4. The molecule has 0 bridgehead atoms. The molecule has 2 nitrogen and oxygen atoms in total. The minimum Gasteiger partial charge on any atom is -0.456 e. The normalized spacial score (nSPS) is 11.7. The predicted molar refractivity (Wildman–Crippen MR) is 229 cm³/mol. The Balaban J connectivity index is 1.04. The maximum absolute atomic E-state index is 6.12. The molecule has 10 aromatic carbocycles. The lowest BCUT2D eigenvalue weighted by molar-refractivity contribution is 0.669. The molecule has 0 unspecified atom stereocenters. The number of hydrogen-bond donors (Lipinski definition) is 0. The van der Waals surface area contributed by atoms with E-state index in [-0.39, 0.29) is 0 Å². The standard InChI is InChI=1S/C52H33NO/c1-3-11-41-35(9-1)23-30-46-43(14-7-15-44(41)46)37-21-28-40(29-22-37)53(50-17-8-16-45-42-12-4-2-10-36(42)24-31-47(45)50)39-26-19-34(20-27-39)38-25-32-52-49(33-38)48-13-5-6-18-51(48)54-52/h1-33H. The van der Waals surface area contributed by atoms with Gasteiger partial charge in [0.1, 0.15) is 11.2 Å². The van der Waals surface area contributed by atoms with Crippen molar-refractivity contribution in [2.24, 2.45) is 0 Å². The van der Waals surface area contributed by atoms with Crippen LogP contribution in [0.1, 0.15) is 0 Å². The van der Waals surface area contributed by atoms with Crippen LogP contribution in [0.25, 0.3) is 87.3 Å². The Bertz CT molecular complexity index is 3210. The zero-order chi connectivity index (χ0) is 35.6. The smallest absolute Gasteiger partial charge is 0.135 e. The Labute approximate surface area is 312 Å². The Morgan fingerprint density at radius 2 is 0.833 bits per heavy atom. The molecule has 11 rings (SSSR count). The molecule has 0 saturated heterocycles. The summed E-state index contributed by atoms with van der Waals surface area (Å²) in [7, 11) is 0. The van der Waals surface area contributed by atoms with Crippen molar-refractivity contribution in [2.45, 2.75) is 0 Å². The van der Waals surface area contributed by atoms with Crippen LogP contribution in [0.3, 0.4) is 0 Å². The van der Waals surface area contributed by atoms with E-state index in [9.17, 15) is 0 Å². The minimum absolute atomic E-state index is 0.909. The molecule has 0 atom stereocenters. The van der Waals surface area contributed by atoms with E-state index in [0.717, 1.165) is 50.1 Å². The van der Waals surface area contributed by atoms with Gasteiger partial charge in [-0.05, 0) is 108 Å². The van der Waals surface area contributed by atoms with Crippen LogP contribution in [-0.2, 0) is 0 Å². The zero-order valence-corrected chi connectivity index (χ0v) is 29.4. The molecule has 0 fully saturated rings. The molecule has 0 N–H and O–H groups in total. The van der Waals surface area contributed by atoms with Gasteiger partial charge in [-0.3, -0.25) is 0 Å². The van der Waals surface area contributed by atoms with Crippen molar-refractivity contribution < 1.29 is 4.42 Å². The van der Waals surface area contributed by atoms with E-state index in [1.165, 1.54) is 54.2 Å². The summed E-state index contributed by atoms with van der Waals surface area (Å²) < 4.78 is 6.12. The van der Waals surface area contributed by atoms with Gasteiger partial charge in [0.15, 0.2) is 0 Å². The van der Waals surface area contributed by atoms with Crippen molar-refractivity contribution in [2.75, 3.05) is 4.90 Å².